The van der Waals surface area contributed by atoms with Crippen molar-refractivity contribution in [3.63, 3.8) is 0 Å². The van der Waals surface area contributed by atoms with Gasteiger partial charge in [-0.15, -0.1) is 0 Å². The Morgan fingerprint density at radius 3 is 2.19 bits per heavy atom. The number of benzene rings is 1. The number of rotatable bonds is 6. The van der Waals surface area contributed by atoms with Crippen LogP contribution in [0.3, 0.4) is 0 Å². The molecule has 0 spiro atoms. The molecule has 0 aromatic heterocycles. The van der Waals surface area contributed by atoms with E-state index in [0.29, 0.717) is 0 Å². The summed E-state index contributed by atoms with van der Waals surface area (Å²) >= 11 is 0. The van der Waals surface area contributed by atoms with Crippen molar-refractivity contribution >= 4 is 0 Å². The number of halogens is 1. The Morgan fingerprint density at radius 2 is 1.75 bits per heavy atom. The average molecular weight is 227 g/mol. The molecule has 1 atom stereocenters. The molecule has 0 saturated carbocycles. The third kappa shape index (κ3) is 3.56. The van der Waals surface area contributed by atoms with Gasteiger partial charge in [0.1, 0.15) is 5.82 Å². The SMILES string of the molecule is CNC(Cc1ccc(F)cc1)C(OC)OC. The van der Waals surface area contributed by atoms with Crippen LogP contribution in [0.4, 0.5) is 4.39 Å². The first-order valence-corrected chi connectivity index (χ1v) is 5.18. The molecule has 0 aliphatic rings. The van der Waals surface area contributed by atoms with Crippen LogP contribution < -0.4 is 5.32 Å². The Morgan fingerprint density at radius 1 is 1.19 bits per heavy atom. The summed E-state index contributed by atoms with van der Waals surface area (Å²) in [6.07, 6.45) is 0.415. The molecule has 0 saturated heterocycles. The fraction of sp³-hybridized carbons (Fsp3) is 0.500. The van der Waals surface area contributed by atoms with Crippen LogP contribution in [0.5, 0.6) is 0 Å². The molecule has 0 fully saturated rings. The van der Waals surface area contributed by atoms with Gasteiger partial charge in [-0.2, -0.15) is 0 Å². The molecular formula is C12H18FNO2. The van der Waals surface area contributed by atoms with Crippen molar-refractivity contribution in [3.05, 3.63) is 35.6 Å². The molecule has 1 aromatic rings. The van der Waals surface area contributed by atoms with E-state index in [1.54, 1.807) is 26.4 Å². The van der Waals surface area contributed by atoms with Gasteiger partial charge in [0.05, 0.1) is 6.04 Å². The van der Waals surface area contributed by atoms with Crippen LogP contribution in [-0.4, -0.2) is 33.6 Å². The van der Waals surface area contributed by atoms with Crippen LogP contribution in [-0.2, 0) is 15.9 Å². The van der Waals surface area contributed by atoms with Gasteiger partial charge in [0, 0.05) is 14.2 Å². The topological polar surface area (TPSA) is 30.5 Å². The van der Waals surface area contributed by atoms with Crippen molar-refractivity contribution in [2.75, 3.05) is 21.3 Å². The Hall–Kier alpha value is -0.970. The van der Waals surface area contributed by atoms with Gasteiger partial charge in [-0.05, 0) is 31.2 Å². The number of hydrogen-bond acceptors (Lipinski definition) is 3. The largest absolute Gasteiger partial charge is 0.354 e. The maximum Gasteiger partial charge on any atom is 0.172 e. The highest BCUT2D eigenvalue weighted by Crippen LogP contribution is 2.09. The van der Waals surface area contributed by atoms with Crippen LogP contribution in [0.1, 0.15) is 5.56 Å². The predicted octanol–water partition coefficient (Wildman–Crippen LogP) is 1.58. The van der Waals surface area contributed by atoms with Crippen molar-refractivity contribution in [2.24, 2.45) is 0 Å². The Labute approximate surface area is 95.6 Å². The fourth-order valence-electron chi connectivity index (χ4n) is 1.63. The summed E-state index contributed by atoms with van der Waals surface area (Å²) < 4.78 is 23.1. The smallest absolute Gasteiger partial charge is 0.172 e. The van der Waals surface area contributed by atoms with E-state index in [-0.39, 0.29) is 18.1 Å². The van der Waals surface area contributed by atoms with Crippen molar-refractivity contribution in [1.82, 2.24) is 5.32 Å². The van der Waals surface area contributed by atoms with Crippen molar-refractivity contribution in [3.8, 4) is 0 Å². The molecule has 1 rings (SSSR count). The summed E-state index contributed by atoms with van der Waals surface area (Å²) in [6, 6.07) is 6.48. The van der Waals surface area contributed by atoms with Gasteiger partial charge < -0.3 is 14.8 Å². The zero-order valence-corrected chi connectivity index (χ0v) is 9.87. The molecule has 4 heteroatoms. The van der Waals surface area contributed by atoms with Crippen LogP contribution in [0.15, 0.2) is 24.3 Å². The van der Waals surface area contributed by atoms with Crippen LogP contribution in [0.2, 0.25) is 0 Å². The van der Waals surface area contributed by atoms with Gasteiger partial charge in [0.2, 0.25) is 0 Å². The van der Waals surface area contributed by atoms with Crippen LogP contribution in [0.25, 0.3) is 0 Å². The summed E-state index contributed by atoms with van der Waals surface area (Å²) in [6.45, 7) is 0. The Bertz CT molecular complexity index is 298. The van der Waals surface area contributed by atoms with Gasteiger partial charge in [0.15, 0.2) is 6.29 Å². The standard InChI is InChI=1S/C12H18FNO2/c1-14-11(12(15-2)16-3)8-9-4-6-10(13)7-5-9/h4-7,11-12,14H,8H2,1-3H3. The lowest BCUT2D eigenvalue weighted by Crippen LogP contribution is -2.41. The van der Waals surface area contributed by atoms with Gasteiger partial charge >= 0.3 is 0 Å². The number of nitrogens with one attached hydrogen (secondary N) is 1. The maximum atomic E-state index is 12.7. The van der Waals surface area contributed by atoms with E-state index in [1.165, 1.54) is 12.1 Å². The van der Waals surface area contributed by atoms with E-state index in [2.05, 4.69) is 5.32 Å². The summed E-state index contributed by atoms with van der Waals surface area (Å²) in [5, 5.41) is 3.12. The van der Waals surface area contributed by atoms with E-state index in [1.807, 2.05) is 7.05 Å². The lowest BCUT2D eigenvalue weighted by molar-refractivity contribution is -0.121. The quantitative estimate of drug-likeness (QED) is 0.748. The third-order valence-electron chi connectivity index (χ3n) is 2.53. The lowest BCUT2D eigenvalue weighted by Gasteiger charge is -2.24. The number of methoxy groups -OCH3 is 2. The highest BCUT2D eigenvalue weighted by Gasteiger charge is 2.19. The molecule has 0 aliphatic carbocycles. The zero-order chi connectivity index (χ0) is 12.0. The molecule has 3 nitrogen and oxygen atoms in total. The average Bonchev–Trinajstić information content (AvgIpc) is 2.32. The first-order valence-electron chi connectivity index (χ1n) is 5.18. The minimum absolute atomic E-state index is 0.0421. The number of ether oxygens (including phenoxy) is 2. The van der Waals surface area contributed by atoms with E-state index in [0.717, 1.165) is 12.0 Å². The van der Waals surface area contributed by atoms with E-state index in [9.17, 15) is 4.39 Å². The third-order valence-corrected chi connectivity index (χ3v) is 2.53. The minimum atomic E-state index is -0.310. The Balaban J connectivity index is 2.65. The van der Waals surface area contributed by atoms with Crippen molar-refractivity contribution in [2.45, 2.75) is 18.8 Å². The molecule has 0 bridgehead atoms. The molecular weight excluding hydrogens is 209 g/mol. The van der Waals surface area contributed by atoms with Gasteiger partial charge in [-0.1, -0.05) is 12.1 Å². The molecule has 0 radical (unpaired) electrons. The molecule has 1 unspecified atom stereocenters. The summed E-state index contributed by atoms with van der Waals surface area (Å²) in [4.78, 5) is 0. The summed E-state index contributed by atoms with van der Waals surface area (Å²) in [7, 11) is 5.05. The first-order chi connectivity index (χ1) is 7.71. The molecule has 1 aromatic carbocycles. The normalized spacial score (nSPS) is 13.1. The molecule has 16 heavy (non-hydrogen) atoms. The lowest BCUT2D eigenvalue weighted by atomic mass is 10.1. The molecule has 90 valence electrons. The zero-order valence-electron chi connectivity index (χ0n) is 9.87. The Kier molecular flexibility index (Phi) is 5.38. The van der Waals surface area contributed by atoms with Gasteiger partial charge in [-0.3, -0.25) is 0 Å². The first kappa shape index (κ1) is 13.1. The van der Waals surface area contributed by atoms with Crippen molar-refractivity contribution in [1.29, 1.82) is 0 Å². The van der Waals surface area contributed by atoms with E-state index >= 15 is 0 Å². The monoisotopic (exact) mass is 227 g/mol. The molecule has 0 heterocycles. The minimum Gasteiger partial charge on any atom is -0.354 e. The highest BCUT2D eigenvalue weighted by atomic mass is 19.1. The summed E-state index contributed by atoms with van der Waals surface area (Å²) in [5.41, 5.74) is 1.04. The predicted molar refractivity (Wildman–Crippen MR) is 60.8 cm³/mol. The highest BCUT2D eigenvalue weighted by molar-refractivity contribution is 5.17. The molecule has 0 aliphatic heterocycles. The maximum absolute atomic E-state index is 12.7. The number of hydrogen-bond donors (Lipinski definition) is 1. The van der Waals surface area contributed by atoms with Crippen LogP contribution in [0, 0.1) is 5.82 Å². The number of likely N-dealkylation sites (N-methyl/N-ethyl adjacent to an activating group) is 1. The van der Waals surface area contributed by atoms with E-state index in [4.69, 9.17) is 9.47 Å². The summed E-state index contributed by atoms with van der Waals surface area (Å²) in [5.74, 6) is -0.222. The van der Waals surface area contributed by atoms with E-state index < -0.39 is 0 Å². The van der Waals surface area contributed by atoms with Crippen LogP contribution >= 0.6 is 0 Å². The van der Waals surface area contributed by atoms with Crippen molar-refractivity contribution < 1.29 is 13.9 Å². The van der Waals surface area contributed by atoms with Gasteiger partial charge in [-0.25, -0.2) is 4.39 Å². The second kappa shape index (κ2) is 6.58. The molecule has 0 amide bonds. The van der Waals surface area contributed by atoms with Gasteiger partial charge in [0.25, 0.3) is 0 Å². The second-order valence-electron chi connectivity index (χ2n) is 3.57. The molecule has 1 N–H and O–H groups in total. The second-order valence-corrected chi connectivity index (χ2v) is 3.57. The fourth-order valence-corrected chi connectivity index (χ4v) is 1.63.